The summed E-state index contributed by atoms with van der Waals surface area (Å²) >= 11 is 0. The number of aryl methyl sites for hydroxylation is 1. The van der Waals surface area contributed by atoms with Crippen LogP contribution in [0.2, 0.25) is 0 Å². The van der Waals surface area contributed by atoms with Gasteiger partial charge in [0.15, 0.2) is 0 Å². The zero-order valence-electron chi connectivity index (χ0n) is 17.2. The first kappa shape index (κ1) is 22.6. The monoisotopic (exact) mass is 436 g/mol. The molecule has 0 heterocycles. The number of carboxylic acids is 1. The first-order valence-electron chi connectivity index (χ1n) is 9.90. The van der Waals surface area contributed by atoms with Gasteiger partial charge in [-0.25, -0.2) is 9.18 Å². The lowest BCUT2D eigenvalue weighted by Crippen LogP contribution is -2.17. The van der Waals surface area contributed by atoms with Crippen molar-refractivity contribution in [3.8, 4) is 11.1 Å². The number of nitrogens with one attached hydrogen (secondary N) is 1. The summed E-state index contributed by atoms with van der Waals surface area (Å²) in [5, 5.41) is 23.0. The van der Waals surface area contributed by atoms with E-state index in [-0.39, 0.29) is 29.1 Å². The molecule has 0 radical (unpaired) electrons. The fraction of sp³-hybridized carbons (Fsp3) is 0.167. The van der Waals surface area contributed by atoms with Gasteiger partial charge in [0.05, 0.1) is 11.3 Å². The first-order chi connectivity index (χ1) is 15.3. The Balaban J connectivity index is 1.69. The normalized spacial score (nSPS) is 11.6. The van der Waals surface area contributed by atoms with E-state index in [2.05, 4.69) is 5.32 Å². The van der Waals surface area contributed by atoms with Gasteiger partial charge in [0, 0.05) is 29.4 Å². The maximum absolute atomic E-state index is 13.9. The van der Waals surface area contributed by atoms with Crippen molar-refractivity contribution >= 4 is 17.6 Å². The SMILES string of the molecule is CC(c1ccc(C(=O)O)cc1NC(=O)CCc1ccc(-c2ccccc2F)cc1)[N+](=O)[O-]. The van der Waals surface area contributed by atoms with E-state index in [1.165, 1.54) is 31.2 Å². The largest absolute Gasteiger partial charge is 0.478 e. The molecular formula is C24H21FN2O5. The Morgan fingerprint density at radius 1 is 1.09 bits per heavy atom. The van der Waals surface area contributed by atoms with Crippen LogP contribution in [0.25, 0.3) is 11.1 Å². The van der Waals surface area contributed by atoms with Gasteiger partial charge in [-0.05, 0) is 41.8 Å². The van der Waals surface area contributed by atoms with Crippen molar-refractivity contribution in [3.05, 3.63) is 99.4 Å². The molecule has 0 bridgehead atoms. The number of carbonyl (C=O) groups is 2. The van der Waals surface area contributed by atoms with Gasteiger partial charge in [-0.15, -0.1) is 0 Å². The highest BCUT2D eigenvalue weighted by Gasteiger charge is 2.22. The van der Waals surface area contributed by atoms with Crippen molar-refractivity contribution < 1.29 is 24.0 Å². The van der Waals surface area contributed by atoms with Gasteiger partial charge in [-0.2, -0.15) is 0 Å². The van der Waals surface area contributed by atoms with Crippen molar-refractivity contribution in [2.45, 2.75) is 25.8 Å². The zero-order chi connectivity index (χ0) is 23.3. The molecule has 1 amide bonds. The van der Waals surface area contributed by atoms with Crippen molar-refractivity contribution in [2.24, 2.45) is 0 Å². The third-order valence-electron chi connectivity index (χ3n) is 5.12. The Hall–Kier alpha value is -4.07. The number of hydrogen-bond acceptors (Lipinski definition) is 4. The molecule has 3 aromatic rings. The molecule has 32 heavy (non-hydrogen) atoms. The fourth-order valence-corrected chi connectivity index (χ4v) is 3.29. The number of carboxylic acid groups (broad SMARTS) is 1. The van der Waals surface area contributed by atoms with Crippen LogP contribution < -0.4 is 5.32 Å². The van der Waals surface area contributed by atoms with E-state index in [0.717, 1.165) is 11.1 Å². The van der Waals surface area contributed by atoms with Gasteiger partial charge in [0.25, 0.3) is 0 Å². The van der Waals surface area contributed by atoms with E-state index in [1.54, 1.807) is 42.5 Å². The predicted octanol–water partition coefficient (Wildman–Crippen LogP) is 5.10. The van der Waals surface area contributed by atoms with Gasteiger partial charge < -0.3 is 10.4 Å². The highest BCUT2D eigenvalue weighted by Crippen LogP contribution is 2.27. The first-order valence-corrected chi connectivity index (χ1v) is 9.90. The quantitative estimate of drug-likeness (QED) is 0.377. The smallest absolute Gasteiger partial charge is 0.335 e. The van der Waals surface area contributed by atoms with Crippen molar-refractivity contribution in [3.63, 3.8) is 0 Å². The van der Waals surface area contributed by atoms with Crippen LogP contribution in [0, 0.1) is 15.9 Å². The zero-order valence-corrected chi connectivity index (χ0v) is 17.2. The molecule has 0 saturated heterocycles. The minimum absolute atomic E-state index is 0.0802. The number of anilines is 1. The number of halogens is 1. The van der Waals surface area contributed by atoms with Crippen LogP contribution in [-0.4, -0.2) is 21.9 Å². The average Bonchev–Trinajstić information content (AvgIpc) is 2.78. The van der Waals surface area contributed by atoms with Crippen LogP contribution in [0.3, 0.4) is 0 Å². The molecule has 0 aliphatic rings. The summed E-state index contributed by atoms with van der Waals surface area (Å²) in [6.07, 6.45) is 0.477. The van der Waals surface area contributed by atoms with E-state index < -0.39 is 22.8 Å². The van der Waals surface area contributed by atoms with E-state index >= 15 is 0 Å². The molecule has 7 nitrogen and oxygen atoms in total. The molecule has 0 aliphatic carbocycles. The fourth-order valence-electron chi connectivity index (χ4n) is 3.29. The summed E-state index contributed by atoms with van der Waals surface area (Å²) in [6, 6.07) is 16.3. The number of aromatic carboxylic acids is 1. The second kappa shape index (κ2) is 9.82. The maximum atomic E-state index is 13.9. The summed E-state index contributed by atoms with van der Waals surface area (Å²) in [5.74, 6) is -1.92. The molecule has 0 fully saturated rings. The lowest BCUT2D eigenvalue weighted by atomic mass is 10.0. The molecule has 0 aliphatic heterocycles. The lowest BCUT2D eigenvalue weighted by Gasteiger charge is -2.13. The van der Waals surface area contributed by atoms with Crippen LogP contribution >= 0.6 is 0 Å². The Morgan fingerprint density at radius 3 is 2.41 bits per heavy atom. The summed E-state index contributed by atoms with van der Waals surface area (Å²) in [4.78, 5) is 34.4. The number of nitro groups is 1. The van der Waals surface area contributed by atoms with Crippen LogP contribution in [0.1, 0.15) is 40.9 Å². The summed E-state index contributed by atoms with van der Waals surface area (Å²) in [7, 11) is 0. The van der Waals surface area contributed by atoms with Crippen LogP contribution in [0.5, 0.6) is 0 Å². The van der Waals surface area contributed by atoms with E-state index in [1.807, 2.05) is 0 Å². The van der Waals surface area contributed by atoms with Gasteiger partial charge in [-0.3, -0.25) is 14.9 Å². The maximum Gasteiger partial charge on any atom is 0.335 e. The Bertz CT molecular complexity index is 1160. The van der Waals surface area contributed by atoms with E-state index in [0.29, 0.717) is 12.0 Å². The number of amides is 1. The second-order valence-electron chi connectivity index (χ2n) is 7.29. The third-order valence-corrected chi connectivity index (χ3v) is 5.12. The molecule has 3 aromatic carbocycles. The topological polar surface area (TPSA) is 110 Å². The van der Waals surface area contributed by atoms with Crippen LogP contribution in [0.4, 0.5) is 10.1 Å². The highest BCUT2D eigenvalue weighted by molar-refractivity contribution is 5.95. The molecule has 1 atom stereocenters. The Morgan fingerprint density at radius 2 is 1.78 bits per heavy atom. The molecule has 0 saturated carbocycles. The highest BCUT2D eigenvalue weighted by atomic mass is 19.1. The number of hydrogen-bond donors (Lipinski definition) is 2. The van der Waals surface area contributed by atoms with Crippen LogP contribution in [0.15, 0.2) is 66.7 Å². The molecule has 3 rings (SSSR count). The van der Waals surface area contributed by atoms with E-state index in [9.17, 15) is 29.2 Å². The van der Waals surface area contributed by atoms with Gasteiger partial charge in [0.2, 0.25) is 11.9 Å². The Labute approximate surface area is 183 Å². The minimum atomic E-state index is -1.20. The van der Waals surface area contributed by atoms with Crippen molar-refractivity contribution in [2.75, 3.05) is 5.32 Å². The summed E-state index contributed by atoms with van der Waals surface area (Å²) < 4.78 is 13.9. The number of benzene rings is 3. The molecule has 164 valence electrons. The molecule has 8 heteroatoms. The second-order valence-corrected chi connectivity index (χ2v) is 7.29. The minimum Gasteiger partial charge on any atom is -0.478 e. The standard InChI is InChI=1S/C24H21FN2O5/c1-15(27(31)32)19-12-11-18(24(29)30)14-22(19)26-23(28)13-8-16-6-9-17(10-7-16)20-4-2-3-5-21(20)25/h2-7,9-12,14-15H,8,13H2,1H3,(H,26,28)(H,29,30). The molecule has 2 N–H and O–H groups in total. The van der Waals surface area contributed by atoms with Crippen molar-refractivity contribution in [1.29, 1.82) is 0 Å². The Kier molecular flexibility index (Phi) is 6.94. The average molecular weight is 436 g/mol. The number of rotatable bonds is 8. The van der Waals surface area contributed by atoms with Crippen molar-refractivity contribution in [1.82, 2.24) is 0 Å². The van der Waals surface area contributed by atoms with Crippen LogP contribution in [-0.2, 0) is 11.2 Å². The molecular weight excluding hydrogens is 415 g/mol. The predicted molar refractivity (Wildman–Crippen MR) is 118 cm³/mol. The molecule has 0 aromatic heterocycles. The van der Waals surface area contributed by atoms with Gasteiger partial charge in [-0.1, -0.05) is 42.5 Å². The summed E-state index contributed by atoms with van der Waals surface area (Å²) in [6.45, 7) is 1.36. The molecule has 1 unspecified atom stereocenters. The third kappa shape index (κ3) is 5.34. The number of carbonyl (C=O) groups excluding carboxylic acids is 1. The lowest BCUT2D eigenvalue weighted by molar-refractivity contribution is -0.524. The van der Waals surface area contributed by atoms with Gasteiger partial charge in [0.1, 0.15) is 5.82 Å². The van der Waals surface area contributed by atoms with E-state index in [4.69, 9.17) is 0 Å². The van der Waals surface area contributed by atoms with Gasteiger partial charge >= 0.3 is 5.97 Å². The molecule has 0 spiro atoms. The summed E-state index contributed by atoms with van der Waals surface area (Å²) in [5.41, 5.74) is 2.32. The number of nitrogens with zero attached hydrogens (tertiary/aromatic N) is 1.